The Bertz CT molecular complexity index is 1330. The van der Waals surface area contributed by atoms with Gasteiger partial charge >= 0.3 is 6.09 Å². The summed E-state index contributed by atoms with van der Waals surface area (Å²) in [6, 6.07) is 14.4. The fourth-order valence-electron chi connectivity index (χ4n) is 7.13. The van der Waals surface area contributed by atoms with E-state index in [1.165, 1.54) is 17.7 Å². The van der Waals surface area contributed by atoms with Crippen molar-refractivity contribution in [3.8, 4) is 0 Å². The molecular weight excluding hydrogens is 492 g/mol. The van der Waals surface area contributed by atoms with Crippen LogP contribution in [0.5, 0.6) is 0 Å². The highest BCUT2D eigenvalue weighted by molar-refractivity contribution is 5.94. The molecule has 6 rings (SSSR count). The largest absolute Gasteiger partial charge is 0.465 e. The summed E-state index contributed by atoms with van der Waals surface area (Å²) in [6.45, 7) is 9.10. The number of aryl methyl sites for hydroxylation is 1. The number of fused-ring (bicyclic) bond motifs is 3. The average Bonchev–Trinajstić information content (AvgIpc) is 3.32. The van der Waals surface area contributed by atoms with Crippen molar-refractivity contribution in [1.82, 2.24) is 14.9 Å². The number of amides is 1. The highest BCUT2D eigenvalue weighted by Gasteiger charge is 2.46. The molecule has 8 heteroatoms. The fraction of sp³-hybridized carbons (Fsp3) is 0.548. The van der Waals surface area contributed by atoms with Crippen LogP contribution in [0, 0.1) is 5.41 Å². The number of benzene rings is 2. The summed E-state index contributed by atoms with van der Waals surface area (Å²) in [5, 5.41) is 13.5. The van der Waals surface area contributed by atoms with Crippen LogP contribution in [0.15, 0.2) is 42.5 Å². The maximum absolute atomic E-state index is 12.2. The van der Waals surface area contributed by atoms with Gasteiger partial charge in [-0.3, -0.25) is 4.90 Å². The number of carboxylic acid groups (broad SMARTS) is 1. The van der Waals surface area contributed by atoms with Crippen LogP contribution in [0.4, 0.5) is 10.5 Å². The van der Waals surface area contributed by atoms with E-state index >= 15 is 0 Å². The molecule has 3 aliphatic rings. The molecule has 208 valence electrons. The molecule has 1 saturated heterocycles. The zero-order chi connectivity index (χ0) is 27.2. The smallest absolute Gasteiger partial charge is 0.412 e. The Kier molecular flexibility index (Phi) is 6.90. The van der Waals surface area contributed by atoms with E-state index in [0.717, 1.165) is 72.4 Å². The first-order valence-electron chi connectivity index (χ1n) is 14.5. The van der Waals surface area contributed by atoms with Gasteiger partial charge in [-0.25, -0.2) is 9.78 Å². The van der Waals surface area contributed by atoms with Crippen molar-refractivity contribution >= 4 is 22.8 Å². The molecule has 0 bridgehead atoms. The molecule has 2 aromatic carbocycles. The second kappa shape index (κ2) is 10.2. The van der Waals surface area contributed by atoms with Crippen LogP contribution in [-0.4, -0.2) is 53.1 Å². The minimum absolute atomic E-state index is 0.0742. The van der Waals surface area contributed by atoms with Gasteiger partial charge < -0.3 is 24.5 Å². The van der Waals surface area contributed by atoms with E-state index in [1.807, 2.05) is 57.2 Å². The summed E-state index contributed by atoms with van der Waals surface area (Å²) in [4.78, 5) is 19.1. The van der Waals surface area contributed by atoms with Crippen molar-refractivity contribution in [2.75, 3.05) is 31.2 Å². The van der Waals surface area contributed by atoms with Crippen LogP contribution in [0.25, 0.3) is 11.0 Å². The minimum Gasteiger partial charge on any atom is -0.465 e. The zero-order valence-electron chi connectivity index (χ0n) is 23.3. The number of nitrogens with one attached hydrogen (secondary N) is 1. The van der Waals surface area contributed by atoms with E-state index in [2.05, 4.69) is 16.0 Å². The molecule has 3 heterocycles. The Balaban J connectivity index is 1.58. The summed E-state index contributed by atoms with van der Waals surface area (Å²) in [6.07, 6.45) is 5.13. The number of anilines is 1. The number of imidazole rings is 1. The lowest BCUT2D eigenvalue weighted by Crippen LogP contribution is -2.55. The van der Waals surface area contributed by atoms with Gasteiger partial charge in [-0.15, -0.1) is 0 Å². The summed E-state index contributed by atoms with van der Waals surface area (Å²) in [5.74, 6) is -0.410. The Morgan fingerprint density at radius 2 is 1.77 bits per heavy atom. The molecule has 8 nitrogen and oxygen atoms in total. The molecule has 3 aromatic rings. The van der Waals surface area contributed by atoms with Crippen LogP contribution in [-0.2, 0) is 21.7 Å². The lowest BCUT2D eigenvalue weighted by atomic mass is 9.68. The quantitative estimate of drug-likeness (QED) is 0.372. The zero-order valence-corrected chi connectivity index (χ0v) is 23.3. The summed E-state index contributed by atoms with van der Waals surface area (Å²) >= 11 is 0. The van der Waals surface area contributed by atoms with Crippen molar-refractivity contribution in [1.29, 1.82) is 0 Å². The first kappa shape index (κ1) is 26.3. The number of aromatic nitrogens is 2. The molecule has 1 aliphatic carbocycles. The molecule has 2 aliphatic heterocycles. The van der Waals surface area contributed by atoms with Gasteiger partial charge in [-0.2, -0.15) is 0 Å². The van der Waals surface area contributed by atoms with Crippen molar-refractivity contribution in [2.24, 2.45) is 5.41 Å². The first-order chi connectivity index (χ1) is 18.9. The fourth-order valence-corrected chi connectivity index (χ4v) is 7.13. The Morgan fingerprint density at radius 3 is 2.36 bits per heavy atom. The Labute approximate surface area is 230 Å². The molecular formula is C31H40N4O4. The van der Waals surface area contributed by atoms with E-state index < -0.39 is 11.9 Å². The predicted molar refractivity (Wildman–Crippen MR) is 151 cm³/mol. The van der Waals surface area contributed by atoms with E-state index in [9.17, 15) is 9.90 Å². The molecule has 2 N–H and O–H groups in total. The second-order valence-electron chi connectivity index (χ2n) is 11.5. The molecule has 39 heavy (non-hydrogen) atoms. The third kappa shape index (κ3) is 4.24. The van der Waals surface area contributed by atoms with Gasteiger partial charge in [0.15, 0.2) is 5.82 Å². The maximum Gasteiger partial charge on any atom is 0.412 e. The number of rotatable bonds is 7. The second-order valence-corrected chi connectivity index (χ2v) is 11.5. The van der Waals surface area contributed by atoms with Crippen molar-refractivity contribution in [3.05, 3.63) is 59.4 Å². The van der Waals surface area contributed by atoms with Gasteiger partial charge in [-0.05, 0) is 76.8 Å². The first-order valence-corrected chi connectivity index (χ1v) is 14.5. The number of hydrogen-bond acceptors (Lipinski definition) is 5. The highest BCUT2D eigenvalue weighted by atomic mass is 16.7. The minimum atomic E-state index is -1.17. The Hall–Kier alpha value is -2.94. The van der Waals surface area contributed by atoms with Gasteiger partial charge in [0.25, 0.3) is 5.79 Å². The van der Waals surface area contributed by atoms with Crippen molar-refractivity contribution in [2.45, 2.75) is 77.2 Å². The standard InChI is InChI=1S/C31H40N4O4/c1-4-38-31(39-5-2,22-9-7-6-8-10-22)28-33-27-24-12-11-21(3)34(29(36)37)25(24)13-14-26(27)35(28)23-15-17-30(18-16-23)19-32-20-30/h6-10,13-14,21,23,32H,4-5,11-12,15-20H2,1-3H3,(H,36,37). The number of hydrogen-bond donors (Lipinski definition) is 2. The van der Waals surface area contributed by atoms with Gasteiger partial charge in [0, 0.05) is 49.5 Å². The molecule has 1 saturated carbocycles. The van der Waals surface area contributed by atoms with Crippen LogP contribution < -0.4 is 10.2 Å². The molecule has 1 amide bonds. The number of carbonyl (C=O) groups is 1. The van der Waals surface area contributed by atoms with Crippen LogP contribution >= 0.6 is 0 Å². The molecule has 0 radical (unpaired) electrons. The van der Waals surface area contributed by atoms with Crippen molar-refractivity contribution < 1.29 is 19.4 Å². The van der Waals surface area contributed by atoms with Gasteiger partial charge in [0.05, 0.1) is 16.7 Å². The van der Waals surface area contributed by atoms with E-state index in [-0.39, 0.29) is 12.1 Å². The van der Waals surface area contributed by atoms with E-state index in [0.29, 0.717) is 18.6 Å². The third-order valence-corrected chi connectivity index (χ3v) is 9.19. The van der Waals surface area contributed by atoms with Gasteiger partial charge in [-0.1, -0.05) is 30.3 Å². The predicted octanol–water partition coefficient (Wildman–Crippen LogP) is 5.83. The average molecular weight is 533 g/mol. The SMILES string of the molecule is CCOC(OCC)(c1ccccc1)c1nc2c3c(ccc2n1C1CCC2(CC1)CNC2)N(C(=O)O)C(C)CC3. The normalized spacial score (nSPS) is 21.2. The lowest BCUT2D eigenvalue weighted by molar-refractivity contribution is -0.219. The summed E-state index contributed by atoms with van der Waals surface area (Å²) in [5.41, 5.74) is 4.99. The highest BCUT2D eigenvalue weighted by Crippen LogP contribution is 2.48. The summed E-state index contributed by atoms with van der Waals surface area (Å²) < 4.78 is 15.5. The summed E-state index contributed by atoms with van der Waals surface area (Å²) in [7, 11) is 0. The molecule has 1 unspecified atom stereocenters. The number of ether oxygens (including phenoxy) is 2. The number of nitrogens with zero attached hydrogens (tertiary/aromatic N) is 3. The molecule has 1 spiro atoms. The van der Waals surface area contributed by atoms with E-state index in [4.69, 9.17) is 14.5 Å². The van der Waals surface area contributed by atoms with E-state index in [1.54, 1.807) is 0 Å². The van der Waals surface area contributed by atoms with Gasteiger partial charge in [0.2, 0.25) is 0 Å². The van der Waals surface area contributed by atoms with Crippen LogP contribution in [0.2, 0.25) is 0 Å². The van der Waals surface area contributed by atoms with Gasteiger partial charge in [0.1, 0.15) is 0 Å². The molecule has 1 atom stereocenters. The topological polar surface area (TPSA) is 88.9 Å². The Morgan fingerprint density at radius 1 is 1.08 bits per heavy atom. The lowest BCUT2D eigenvalue weighted by Gasteiger charge is -2.48. The molecule has 1 aromatic heterocycles. The van der Waals surface area contributed by atoms with Crippen molar-refractivity contribution in [3.63, 3.8) is 0 Å². The molecule has 2 fully saturated rings. The van der Waals surface area contributed by atoms with Crippen LogP contribution in [0.1, 0.15) is 75.9 Å². The van der Waals surface area contributed by atoms with Crippen LogP contribution in [0.3, 0.4) is 0 Å². The monoisotopic (exact) mass is 532 g/mol. The maximum atomic E-state index is 12.2. The third-order valence-electron chi connectivity index (χ3n) is 9.19.